The number of methoxy groups -OCH3 is 2. The number of rotatable bonds is 5. The molecule has 102 valence electrons. The molecule has 0 N–H and O–H groups in total. The van der Waals surface area contributed by atoms with Crippen LogP contribution in [0.5, 0.6) is 11.5 Å². The smallest absolute Gasteiger partial charge is 0.237 e. The van der Waals surface area contributed by atoms with Gasteiger partial charge < -0.3 is 9.47 Å². The largest absolute Gasteiger partial charge is 0.497 e. The van der Waals surface area contributed by atoms with Crippen LogP contribution in [0.3, 0.4) is 0 Å². The standard InChI is InChI=1S/C16H14O4/c1-19-12-8-9-13(14(10-12)20-2)16(18)15(17)11-6-4-3-5-7-11/h3-10H,1-2H3. The first kappa shape index (κ1) is 13.8. The minimum atomic E-state index is -0.601. The molecule has 4 heteroatoms. The third-order valence-corrected chi connectivity index (χ3v) is 2.90. The Hall–Kier alpha value is -2.62. The molecule has 2 rings (SSSR count). The summed E-state index contributed by atoms with van der Waals surface area (Å²) in [4.78, 5) is 24.4. The lowest BCUT2D eigenvalue weighted by molar-refractivity contribution is 0.0815. The van der Waals surface area contributed by atoms with Crippen LogP contribution in [0.2, 0.25) is 0 Å². The molecular weight excluding hydrogens is 256 g/mol. The summed E-state index contributed by atoms with van der Waals surface area (Å²) in [5, 5.41) is 0. The van der Waals surface area contributed by atoms with E-state index in [2.05, 4.69) is 0 Å². The molecule has 0 spiro atoms. The summed E-state index contributed by atoms with van der Waals surface area (Å²) in [7, 11) is 2.96. The number of ketones is 2. The van der Waals surface area contributed by atoms with Crippen molar-refractivity contribution in [2.24, 2.45) is 0 Å². The quantitative estimate of drug-likeness (QED) is 0.619. The number of ether oxygens (including phenoxy) is 2. The second-order valence-electron chi connectivity index (χ2n) is 4.09. The van der Waals surface area contributed by atoms with E-state index in [0.29, 0.717) is 17.1 Å². The van der Waals surface area contributed by atoms with Gasteiger partial charge in [-0.05, 0) is 12.1 Å². The zero-order valence-corrected chi connectivity index (χ0v) is 11.3. The third-order valence-electron chi connectivity index (χ3n) is 2.90. The number of Topliss-reactive ketones (excluding diaryl/α,β-unsaturated/α-hetero) is 2. The zero-order chi connectivity index (χ0) is 14.5. The van der Waals surface area contributed by atoms with Gasteiger partial charge in [-0.1, -0.05) is 30.3 Å². The Kier molecular flexibility index (Phi) is 4.15. The Balaban J connectivity index is 2.36. The maximum Gasteiger partial charge on any atom is 0.237 e. The van der Waals surface area contributed by atoms with Crippen molar-refractivity contribution < 1.29 is 19.1 Å². The Morgan fingerprint density at radius 1 is 0.850 bits per heavy atom. The summed E-state index contributed by atoms with van der Waals surface area (Å²) in [6.07, 6.45) is 0. The SMILES string of the molecule is COc1ccc(C(=O)C(=O)c2ccccc2)c(OC)c1. The van der Waals surface area contributed by atoms with Crippen molar-refractivity contribution in [2.45, 2.75) is 0 Å². The molecule has 0 fully saturated rings. The number of hydrogen-bond donors (Lipinski definition) is 0. The van der Waals surface area contributed by atoms with Gasteiger partial charge >= 0.3 is 0 Å². The van der Waals surface area contributed by atoms with Crippen LogP contribution in [0, 0.1) is 0 Å². The summed E-state index contributed by atoms with van der Waals surface area (Å²) in [5.74, 6) is -0.283. The molecule has 2 aromatic carbocycles. The van der Waals surface area contributed by atoms with Crippen molar-refractivity contribution in [3.05, 3.63) is 59.7 Å². The molecule has 0 aliphatic heterocycles. The molecule has 4 nitrogen and oxygen atoms in total. The van der Waals surface area contributed by atoms with E-state index in [1.54, 1.807) is 42.5 Å². The molecule has 0 aliphatic rings. The van der Waals surface area contributed by atoms with Gasteiger partial charge in [-0.3, -0.25) is 9.59 Å². The molecule has 0 saturated heterocycles. The normalized spacial score (nSPS) is 9.90. The van der Waals surface area contributed by atoms with Crippen LogP contribution in [-0.4, -0.2) is 25.8 Å². The lowest BCUT2D eigenvalue weighted by atomic mass is 10.0. The highest BCUT2D eigenvalue weighted by molar-refractivity contribution is 6.49. The Morgan fingerprint density at radius 3 is 2.15 bits per heavy atom. The molecule has 0 heterocycles. The van der Waals surface area contributed by atoms with Crippen molar-refractivity contribution in [2.75, 3.05) is 14.2 Å². The molecule has 0 amide bonds. The van der Waals surface area contributed by atoms with Gasteiger partial charge in [0.1, 0.15) is 11.5 Å². The molecule has 0 aromatic heterocycles. The predicted octanol–water partition coefficient (Wildman–Crippen LogP) is 2.77. The van der Waals surface area contributed by atoms with Crippen LogP contribution in [0.1, 0.15) is 20.7 Å². The van der Waals surface area contributed by atoms with E-state index < -0.39 is 11.6 Å². The first-order valence-corrected chi connectivity index (χ1v) is 6.03. The number of carbonyl (C=O) groups excluding carboxylic acids is 2. The lowest BCUT2D eigenvalue weighted by Gasteiger charge is -2.09. The Labute approximate surface area is 116 Å². The minimum absolute atomic E-state index is 0.224. The molecule has 0 aliphatic carbocycles. The molecule has 0 unspecified atom stereocenters. The Bertz CT molecular complexity index is 632. The topological polar surface area (TPSA) is 52.6 Å². The molecule has 0 radical (unpaired) electrons. The van der Waals surface area contributed by atoms with E-state index in [9.17, 15) is 9.59 Å². The molecule has 20 heavy (non-hydrogen) atoms. The average molecular weight is 270 g/mol. The zero-order valence-electron chi connectivity index (χ0n) is 11.3. The highest BCUT2D eigenvalue weighted by Crippen LogP contribution is 2.25. The maximum absolute atomic E-state index is 12.3. The second-order valence-corrected chi connectivity index (χ2v) is 4.09. The van der Waals surface area contributed by atoms with Crippen molar-refractivity contribution in [1.29, 1.82) is 0 Å². The van der Waals surface area contributed by atoms with Gasteiger partial charge in [0.2, 0.25) is 11.6 Å². The van der Waals surface area contributed by atoms with Crippen LogP contribution in [0.4, 0.5) is 0 Å². The van der Waals surface area contributed by atoms with Gasteiger partial charge in [-0.2, -0.15) is 0 Å². The molecule has 0 saturated carbocycles. The summed E-state index contributed by atoms with van der Waals surface area (Å²) in [6, 6.07) is 13.2. The van der Waals surface area contributed by atoms with E-state index >= 15 is 0 Å². The number of hydrogen-bond acceptors (Lipinski definition) is 4. The average Bonchev–Trinajstić information content (AvgIpc) is 2.53. The lowest BCUT2D eigenvalue weighted by Crippen LogP contribution is -2.15. The van der Waals surface area contributed by atoms with Crippen molar-refractivity contribution >= 4 is 11.6 Å². The van der Waals surface area contributed by atoms with Gasteiger partial charge in [-0.25, -0.2) is 0 Å². The van der Waals surface area contributed by atoms with Crippen LogP contribution in [-0.2, 0) is 0 Å². The van der Waals surface area contributed by atoms with E-state index in [1.807, 2.05) is 0 Å². The van der Waals surface area contributed by atoms with Crippen molar-refractivity contribution in [1.82, 2.24) is 0 Å². The molecule has 0 atom stereocenters. The van der Waals surface area contributed by atoms with Crippen molar-refractivity contribution in [3.63, 3.8) is 0 Å². The fourth-order valence-electron chi connectivity index (χ4n) is 1.83. The summed E-state index contributed by atoms with van der Waals surface area (Å²) >= 11 is 0. The maximum atomic E-state index is 12.3. The van der Waals surface area contributed by atoms with Crippen LogP contribution in [0.25, 0.3) is 0 Å². The van der Waals surface area contributed by atoms with Crippen LogP contribution in [0.15, 0.2) is 48.5 Å². The third kappa shape index (κ3) is 2.69. The minimum Gasteiger partial charge on any atom is -0.497 e. The van der Waals surface area contributed by atoms with E-state index in [-0.39, 0.29) is 5.56 Å². The van der Waals surface area contributed by atoms with Gasteiger partial charge in [0.15, 0.2) is 0 Å². The van der Waals surface area contributed by atoms with E-state index in [4.69, 9.17) is 9.47 Å². The van der Waals surface area contributed by atoms with Gasteiger partial charge in [-0.15, -0.1) is 0 Å². The fraction of sp³-hybridized carbons (Fsp3) is 0.125. The second kappa shape index (κ2) is 6.02. The highest BCUT2D eigenvalue weighted by Gasteiger charge is 2.21. The summed E-state index contributed by atoms with van der Waals surface area (Å²) < 4.78 is 10.2. The molecule has 0 bridgehead atoms. The number of carbonyl (C=O) groups is 2. The van der Waals surface area contributed by atoms with Gasteiger partial charge in [0.25, 0.3) is 0 Å². The summed E-state index contributed by atoms with van der Waals surface area (Å²) in [6.45, 7) is 0. The van der Waals surface area contributed by atoms with Crippen LogP contribution >= 0.6 is 0 Å². The predicted molar refractivity (Wildman–Crippen MR) is 74.6 cm³/mol. The molecular formula is C16H14O4. The van der Waals surface area contributed by atoms with Gasteiger partial charge in [0, 0.05) is 11.6 Å². The Morgan fingerprint density at radius 2 is 1.55 bits per heavy atom. The van der Waals surface area contributed by atoms with Crippen molar-refractivity contribution in [3.8, 4) is 11.5 Å². The van der Waals surface area contributed by atoms with Gasteiger partial charge in [0.05, 0.1) is 19.8 Å². The first-order valence-electron chi connectivity index (χ1n) is 6.03. The molecule has 2 aromatic rings. The van der Waals surface area contributed by atoms with Crippen LogP contribution < -0.4 is 9.47 Å². The fourth-order valence-corrected chi connectivity index (χ4v) is 1.83. The van der Waals surface area contributed by atoms with E-state index in [0.717, 1.165) is 0 Å². The monoisotopic (exact) mass is 270 g/mol. The first-order chi connectivity index (χ1) is 9.67. The highest BCUT2D eigenvalue weighted by atomic mass is 16.5. The van der Waals surface area contributed by atoms with E-state index in [1.165, 1.54) is 20.3 Å². The summed E-state index contributed by atoms with van der Waals surface area (Å²) in [5.41, 5.74) is 0.581. The number of benzene rings is 2.